The van der Waals surface area contributed by atoms with Gasteiger partial charge in [0, 0.05) is 53.5 Å². The first-order valence-electron chi connectivity index (χ1n) is 10.6. The molecule has 2 aliphatic heterocycles. The molecule has 0 radical (unpaired) electrons. The Labute approximate surface area is 171 Å². The van der Waals surface area contributed by atoms with Crippen LogP contribution in [0.5, 0.6) is 0 Å². The maximum absolute atomic E-state index is 14.9. The second-order valence-corrected chi connectivity index (χ2v) is 9.30. The number of ketones is 1. The van der Waals surface area contributed by atoms with Crippen molar-refractivity contribution in [2.75, 3.05) is 13.1 Å². The molecule has 1 saturated heterocycles. The summed E-state index contributed by atoms with van der Waals surface area (Å²) in [6.07, 6.45) is 4.21. The predicted molar refractivity (Wildman–Crippen MR) is 110 cm³/mol. The number of nitrogens with zero attached hydrogens (tertiary/aromatic N) is 1. The molecule has 1 aromatic carbocycles. The molecule has 1 N–H and O–H groups in total. The quantitative estimate of drug-likeness (QED) is 0.804. The summed E-state index contributed by atoms with van der Waals surface area (Å²) in [5.41, 5.74) is 2.92. The molecular weight excluding hydrogens is 367 g/mol. The van der Waals surface area contributed by atoms with E-state index in [-0.39, 0.29) is 22.9 Å². The van der Waals surface area contributed by atoms with Gasteiger partial charge in [0.2, 0.25) is 0 Å². The normalized spacial score (nSPS) is 24.3. The van der Waals surface area contributed by atoms with E-state index in [1.807, 2.05) is 11.8 Å². The smallest absolute Gasteiger partial charge is 0.252 e. The maximum Gasteiger partial charge on any atom is 0.252 e. The lowest BCUT2D eigenvalue weighted by atomic mass is 9.68. The molecule has 4 rings (SSSR count). The van der Waals surface area contributed by atoms with Crippen molar-refractivity contribution in [2.45, 2.75) is 58.8 Å². The minimum Gasteiger partial charge on any atom is -0.362 e. The van der Waals surface area contributed by atoms with Crippen LogP contribution in [-0.2, 0) is 9.59 Å². The molecule has 1 unspecified atom stereocenters. The number of halogens is 1. The predicted octanol–water partition coefficient (Wildman–Crippen LogP) is 4.44. The number of carbonyl (C=O) groups excluding carboxylic acids is 2. The van der Waals surface area contributed by atoms with Crippen LogP contribution in [0.4, 0.5) is 4.39 Å². The lowest BCUT2D eigenvalue weighted by molar-refractivity contribution is -0.128. The van der Waals surface area contributed by atoms with Gasteiger partial charge >= 0.3 is 0 Å². The molecule has 2 heterocycles. The van der Waals surface area contributed by atoms with Crippen LogP contribution in [0, 0.1) is 11.2 Å². The Bertz CT molecular complexity index is 923. The second-order valence-electron chi connectivity index (χ2n) is 9.30. The van der Waals surface area contributed by atoms with Crippen molar-refractivity contribution in [3.05, 3.63) is 58.2 Å². The summed E-state index contributed by atoms with van der Waals surface area (Å²) >= 11 is 0. The number of nitrogens with one attached hydrogen (secondary N) is 1. The highest BCUT2D eigenvalue weighted by molar-refractivity contribution is 6.05. The lowest BCUT2D eigenvalue weighted by Gasteiger charge is -2.41. The standard InChI is InChI=1S/C24H29FN2O2/c1-15-20(23(29)27-11-7-4-8-12-27)21(16-9-5-6-10-17(16)25)22-18(26-15)13-24(2,3)14-19(22)28/h5-6,9-10,21,26H,4,7-8,11-14H2,1-3H3. The van der Waals surface area contributed by atoms with Crippen molar-refractivity contribution in [2.24, 2.45) is 5.41 Å². The first-order chi connectivity index (χ1) is 13.8. The highest BCUT2D eigenvalue weighted by Gasteiger charge is 2.44. The number of allylic oxidation sites excluding steroid dienone is 3. The Balaban J connectivity index is 1.85. The van der Waals surface area contributed by atoms with Gasteiger partial charge in [-0.25, -0.2) is 4.39 Å². The first-order valence-corrected chi connectivity index (χ1v) is 10.6. The van der Waals surface area contributed by atoms with Crippen LogP contribution in [0.15, 0.2) is 46.8 Å². The minimum atomic E-state index is -0.648. The van der Waals surface area contributed by atoms with Gasteiger partial charge in [-0.3, -0.25) is 9.59 Å². The van der Waals surface area contributed by atoms with Crippen LogP contribution in [0.3, 0.4) is 0 Å². The Morgan fingerprint density at radius 2 is 1.83 bits per heavy atom. The second kappa shape index (κ2) is 7.43. The van der Waals surface area contributed by atoms with E-state index < -0.39 is 5.92 Å². The molecule has 29 heavy (non-hydrogen) atoms. The molecular formula is C24H29FN2O2. The van der Waals surface area contributed by atoms with Crippen molar-refractivity contribution in [1.29, 1.82) is 0 Å². The number of rotatable bonds is 2. The SMILES string of the molecule is CC1=C(C(=O)N2CCCCC2)C(c2ccccc2F)C2=C(CC(C)(C)CC2=O)N1. The summed E-state index contributed by atoms with van der Waals surface area (Å²) in [5, 5.41) is 3.36. The third-order valence-electron chi connectivity index (χ3n) is 6.33. The van der Waals surface area contributed by atoms with Crippen LogP contribution in [0.2, 0.25) is 0 Å². The average molecular weight is 397 g/mol. The fourth-order valence-electron chi connectivity index (χ4n) is 5.01. The number of amides is 1. The molecule has 1 fully saturated rings. The van der Waals surface area contributed by atoms with E-state index >= 15 is 0 Å². The molecule has 3 aliphatic rings. The van der Waals surface area contributed by atoms with E-state index in [1.165, 1.54) is 6.07 Å². The molecule has 0 spiro atoms. The van der Waals surface area contributed by atoms with E-state index in [4.69, 9.17) is 0 Å². The number of benzene rings is 1. The first kappa shape index (κ1) is 19.9. The Hall–Kier alpha value is -2.43. The van der Waals surface area contributed by atoms with Gasteiger partial charge in [0.15, 0.2) is 5.78 Å². The number of dihydropyridines is 1. The van der Waals surface area contributed by atoms with Crippen LogP contribution in [-0.4, -0.2) is 29.7 Å². The van der Waals surface area contributed by atoms with Crippen molar-refractivity contribution < 1.29 is 14.0 Å². The fraction of sp³-hybridized carbons (Fsp3) is 0.500. The van der Waals surface area contributed by atoms with Crippen LogP contribution < -0.4 is 5.32 Å². The van der Waals surface area contributed by atoms with Gasteiger partial charge in [0.25, 0.3) is 5.91 Å². The summed E-state index contributed by atoms with van der Waals surface area (Å²) in [7, 11) is 0. The molecule has 1 amide bonds. The van der Waals surface area contributed by atoms with E-state index in [0.717, 1.165) is 30.7 Å². The zero-order valence-corrected chi connectivity index (χ0v) is 17.5. The van der Waals surface area contributed by atoms with Gasteiger partial charge in [-0.15, -0.1) is 0 Å². The number of hydrogen-bond donors (Lipinski definition) is 1. The van der Waals surface area contributed by atoms with Gasteiger partial charge in [-0.2, -0.15) is 0 Å². The van der Waals surface area contributed by atoms with Gasteiger partial charge in [0.05, 0.1) is 0 Å². The Kier molecular flexibility index (Phi) is 5.09. The molecule has 1 aliphatic carbocycles. The van der Waals surface area contributed by atoms with Gasteiger partial charge in [0.1, 0.15) is 5.82 Å². The summed E-state index contributed by atoms with van der Waals surface area (Å²) in [6, 6.07) is 6.53. The summed E-state index contributed by atoms with van der Waals surface area (Å²) in [6.45, 7) is 7.45. The molecule has 0 bridgehead atoms. The third-order valence-corrected chi connectivity index (χ3v) is 6.33. The van der Waals surface area contributed by atoms with Crippen molar-refractivity contribution >= 4 is 11.7 Å². The van der Waals surface area contributed by atoms with Gasteiger partial charge < -0.3 is 10.2 Å². The Morgan fingerprint density at radius 1 is 1.14 bits per heavy atom. The third kappa shape index (κ3) is 3.63. The van der Waals surface area contributed by atoms with E-state index in [2.05, 4.69) is 19.2 Å². The minimum absolute atomic E-state index is 0.00782. The molecule has 1 aromatic rings. The van der Waals surface area contributed by atoms with E-state index in [0.29, 0.717) is 42.6 Å². The number of piperidine rings is 1. The Morgan fingerprint density at radius 3 is 2.52 bits per heavy atom. The summed E-state index contributed by atoms with van der Waals surface area (Å²) < 4.78 is 14.9. The summed E-state index contributed by atoms with van der Waals surface area (Å²) in [4.78, 5) is 28.6. The highest BCUT2D eigenvalue weighted by atomic mass is 19.1. The molecule has 5 heteroatoms. The highest BCUT2D eigenvalue weighted by Crippen LogP contribution is 2.47. The van der Waals surface area contributed by atoms with E-state index in [9.17, 15) is 14.0 Å². The van der Waals surface area contributed by atoms with Crippen LogP contribution in [0.1, 0.15) is 64.4 Å². The zero-order valence-electron chi connectivity index (χ0n) is 17.5. The lowest BCUT2D eigenvalue weighted by Crippen LogP contribution is -2.43. The molecule has 154 valence electrons. The van der Waals surface area contributed by atoms with Crippen LogP contribution >= 0.6 is 0 Å². The molecule has 0 aromatic heterocycles. The number of carbonyl (C=O) groups is 2. The number of likely N-dealkylation sites (tertiary alicyclic amines) is 1. The zero-order chi connectivity index (χ0) is 20.8. The summed E-state index contributed by atoms with van der Waals surface area (Å²) in [5.74, 6) is -1.09. The van der Waals surface area contributed by atoms with Gasteiger partial charge in [-0.05, 0) is 44.1 Å². The largest absolute Gasteiger partial charge is 0.362 e. The maximum atomic E-state index is 14.9. The number of Topliss-reactive ketones (excluding diaryl/α,β-unsaturated/α-hetero) is 1. The molecule has 1 atom stereocenters. The number of hydrogen-bond acceptors (Lipinski definition) is 3. The van der Waals surface area contributed by atoms with Crippen molar-refractivity contribution in [3.8, 4) is 0 Å². The molecule has 0 saturated carbocycles. The monoisotopic (exact) mass is 396 g/mol. The molecule has 4 nitrogen and oxygen atoms in total. The van der Waals surface area contributed by atoms with Crippen molar-refractivity contribution in [1.82, 2.24) is 10.2 Å². The van der Waals surface area contributed by atoms with Crippen LogP contribution in [0.25, 0.3) is 0 Å². The fourth-order valence-corrected chi connectivity index (χ4v) is 5.01. The topological polar surface area (TPSA) is 49.4 Å². The van der Waals surface area contributed by atoms with E-state index in [1.54, 1.807) is 18.2 Å². The van der Waals surface area contributed by atoms with Gasteiger partial charge in [-0.1, -0.05) is 32.0 Å². The van der Waals surface area contributed by atoms with Crippen molar-refractivity contribution in [3.63, 3.8) is 0 Å². The average Bonchev–Trinajstić information content (AvgIpc) is 2.66.